The zero-order valence-corrected chi connectivity index (χ0v) is 19.3. The van der Waals surface area contributed by atoms with Crippen LogP contribution in [0, 0.1) is 5.92 Å². The summed E-state index contributed by atoms with van der Waals surface area (Å²) in [6, 6.07) is 0. The van der Waals surface area contributed by atoms with Crippen LogP contribution in [0.2, 0.25) is 0 Å². The second-order valence-corrected chi connectivity index (χ2v) is 9.29. The van der Waals surface area contributed by atoms with Crippen molar-refractivity contribution in [2.24, 2.45) is 15.9 Å². The van der Waals surface area contributed by atoms with Gasteiger partial charge in [0.15, 0.2) is 5.84 Å². The Hall–Kier alpha value is -2.91. The number of amides is 1. The van der Waals surface area contributed by atoms with Gasteiger partial charge >= 0.3 is 0 Å². The number of aromatic amines is 1. The highest BCUT2D eigenvalue weighted by atomic mass is 16.5. The number of aliphatic imine (C=N–C) groups is 2. The maximum Gasteiger partial charge on any atom is 0.248 e. The first-order chi connectivity index (χ1) is 16.1. The largest absolute Gasteiger partial charge is 0.495 e. The Labute approximate surface area is 194 Å². The maximum atomic E-state index is 12.7. The number of carbonyl (C=O) groups is 1. The molecule has 1 unspecified atom stereocenters. The summed E-state index contributed by atoms with van der Waals surface area (Å²) in [6.07, 6.45) is 11.1. The Kier molecular flexibility index (Phi) is 6.32. The third-order valence-corrected chi connectivity index (χ3v) is 6.47. The first kappa shape index (κ1) is 21.9. The molecule has 1 aromatic rings. The highest BCUT2D eigenvalue weighted by Crippen LogP contribution is 2.32. The van der Waals surface area contributed by atoms with E-state index in [2.05, 4.69) is 27.2 Å². The molecule has 2 bridgehead atoms. The van der Waals surface area contributed by atoms with Crippen LogP contribution in [0.15, 0.2) is 39.8 Å². The van der Waals surface area contributed by atoms with Gasteiger partial charge in [-0.25, -0.2) is 9.98 Å². The number of nitrogens with one attached hydrogen (secondary N) is 2. The van der Waals surface area contributed by atoms with Crippen molar-refractivity contribution in [1.82, 2.24) is 14.8 Å². The molecule has 0 saturated heterocycles. The van der Waals surface area contributed by atoms with E-state index >= 15 is 0 Å². The number of aromatic nitrogens is 1. The van der Waals surface area contributed by atoms with E-state index in [0.29, 0.717) is 31.3 Å². The van der Waals surface area contributed by atoms with Crippen LogP contribution in [0.5, 0.6) is 0 Å². The van der Waals surface area contributed by atoms with Gasteiger partial charge in [0.2, 0.25) is 5.91 Å². The summed E-state index contributed by atoms with van der Waals surface area (Å²) < 4.78 is 12.1. The number of hydrogen-bond acceptors (Lipinski definition) is 7. The number of H-pyrrole nitrogens is 1. The predicted octanol–water partition coefficient (Wildman–Crippen LogP) is 2.49. The minimum absolute atomic E-state index is 0.0192. The van der Waals surface area contributed by atoms with Crippen molar-refractivity contribution in [3.8, 4) is 0 Å². The number of amidine groups is 1. The molecule has 1 atom stereocenters. The summed E-state index contributed by atoms with van der Waals surface area (Å²) in [6.45, 7) is 3.06. The molecule has 33 heavy (non-hydrogen) atoms. The highest BCUT2D eigenvalue weighted by molar-refractivity contribution is 6.13. The average Bonchev–Trinajstić information content (AvgIpc) is 3.55. The monoisotopic (exact) mass is 452 g/mol. The lowest BCUT2D eigenvalue weighted by Crippen LogP contribution is -2.35. The number of anilines is 1. The van der Waals surface area contributed by atoms with Gasteiger partial charge in [-0.3, -0.25) is 4.79 Å². The van der Waals surface area contributed by atoms with Gasteiger partial charge < -0.3 is 29.6 Å². The van der Waals surface area contributed by atoms with E-state index in [1.165, 1.54) is 12.8 Å². The summed E-state index contributed by atoms with van der Waals surface area (Å²) in [7, 11) is 3.93. The van der Waals surface area contributed by atoms with Gasteiger partial charge in [-0.05, 0) is 56.5 Å². The summed E-state index contributed by atoms with van der Waals surface area (Å²) in [5.74, 6) is 2.99. The van der Waals surface area contributed by atoms with Crippen molar-refractivity contribution in [1.29, 1.82) is 0 Å². The first-order valence-corrected chi connectivity index (χ1v) is 11.7. The normalized spacial score (nSPS) is 26.0. The fourth-order valence-electron chi connectivity index (χ4n) is 4.26. The van der Waals surface area contributed by atoms with Crippen molar-refractivity contribution >= 4 is 23.9 Å². The van der Waals surface area contributed by atoms with E-state index in [4.69, 9.17) is 14.5 Å². The Balaban J connectivity index is 1.45. The van der Waals surface area contributed by atoms with Crippen LogP contribution in [-0.4, -0.2) is 79.4 Å². The Morgan fingerprint density at radius 3 is 2.97 bits per heavy atom. The maximum absolute atomic E-state index is 12.7. The number of fused-ring (bicyclic) bond motifs is 2. The molecule has 1 saturated carbocycles. The standard InChI is InChI=1S/C24H32N6O3/c1-29-8-3-9-30(2)21(31)14-33-20-10-18(6-7-19(20)32-13-16-4-5-16)28-24-22-17(12-29)11-25-23(22)26-15-27-24/h6-7,11,15-16,20H,3-5,8-10,12-14H2,1-2H3,(H2,25,26,27,28). The van der Waals surface area contributed by atoms with Crippen molar-refractivity contribution < 1.29 is 14.3 Å². The quantitative estimate of drug-likeness (QED) is 0.735. The molecule has 0 spiro atoms. The van der Waals surface area contributed by atoms with Gasteiger partial charge in [0, 0.05) is 38.5 Å². The predicted molar refractivity (Wildman–Crippen MR) is 127 cm³/mol. The molecule has 2 N–H and O–H groups in total. The van der Waals surface area contributed by atoms with E-state index in [0.717, 1.165) is 47.9 Å². The molecule has 1 fully saturated rings. The van der Waals surface area contributed by atoms with Crippen molar-refractivity contribution in [2.75, 3.05) is 45.7 Å². The number of carbonyl (C=O) groups excluding carboxylic acids is 1. The molecule has 1 aromatic heterocycles. The van der Waals surface area contributed by atoms with E-state index in [9.17, 15) is 4.79 Å². The van der Waals surface area contributed by atoms with Crippen LogP contribution >= 0.6 is 0 Å². The minimum atomic E-state index is -0.333. The number of hydrogen-bond donors (Lipinski definition) is 2. The van der Waals surface area contributed by atoms with Gasteiger partial charge in [0.05, 0.1) is 18.5 Å². The third kappa shape index (κ3) is 5.20. The molecule has 176 valence electrons. The van der Waals surface area contributed by atoms with Gasteiger partial charge in [-0.2, -0.15) is 0 Å². The van der Waals surface area contributed by atoms with Gasteiger partial charge in [-0.1, -0.05) is 0 Å². The smallest absolute Gasteiger partial charge is 0.248 e. The van der Waals surface area contributed by atoms with Crippen molar-refractivity contribution in [2.45, 2.75) is 38.3 Å². The molecule has 9 heteroatoms. The summed E-state index contributed by atoms with van der Waals surface area (Å²) in [5.41, 5.74) is 2.99. The SMILES string of the molecule is CN1CCCN(C)C(=O)COC2CC(=CC=C2OCC2CC2)/N=C2\N=CNc3[nH]cc(c32)C1. The number of likely N-dealkylation sites (N-methyl/N-ethyl adjacent to an activating group) is 1. The molecule has 0 radical (unpaired) electrons. The molecule has 9 nitrogen and oxygen atoms in total. The Morgan fingerprint density at radius 1 is 1.24 bits per heavy atom. The summed E-state index contributed by atoms with van der Waals surface area (Å²) in [4.78, 5) is 29.4. The molecule has 4 aliphatic rings. The number of rotatable bonds is 3. The lowest BCUT2D eigenvalue weighted by Gasteiger charge is -2.26. The van der Waals surface area contributed by atoms with Gasteiger partial charge in [0.25, 0.3) is 0 Å². The molecule has 2 aliphatic heterocycles. The lowest BCUT2D eigenvalue weighted by molar-refractivity contribution is -0.137. The second kappa shape index (κ2) is 9.52. The van der Waals surface area contributed by atoms with Crippen LogP contribution in [-0.2, 0) is 20.8 Å². The molecule has 0 aromatic carbocycles. The van der Waals surface area contributed by atoms with E-state index in [1.54, 1.807) is 11.2 Å². The first-order valence-electron chi connectivity index (χ1n) is 11.7. The molecular formula is C24H32N6O3. The molecule has 5 rings (SSSR count). The lowest BCUT2D eigenvalue weighted by atomic mass is 10.1. The summed E-state index contributed by atoms with van der Waals surface area (Å²) >= 11 is 0. The average molecular weight is 453 g/mol. The Bertz CT molecular complexity index is 1020. The van der Waals surface area contributed by atoms with Crippen LogP contribution in [0.1, 0.15) is 36.8 Å². The number of ether oxygens (including phenoxy) is 2. The third-order valence-electron chi connectivity index (χ3n) is 6.47. The van der Waals surface area contributed by atoms with Crippen LogP contribution in [0.4, 0.5) is 5.82 Å². The van der Waals surface area contributed by atoms with Crippen LogP contribution in [0.25, 0.3) is 0 Å². The van der Waals surface area contributed by atoms with E-state index in [1.807, 2.05) is 25.4 Å². The molecule has 1 amide bonds. The number of allylic oxidation sites excluding steroid dienone is 2. The zero-order chi connectivity index (χ0) is 22.8. The van der Waals surface area contributed by atoms with Crippen molar-refractivity contribution in [3.05, 3.63) is 40.9 Å². The molecule has 3 heterocycles. The van der Waals surface area contributed by atoms with Gasteiger partial charge in [0.1, 0.15) is 24.3 Å². The van der Waals surface area contributed by atoms with E-state index in [-0.39, 0.29) is 18.6 Å². The minimum Gasteiger partial charge on any atom is -0.495 e. The zero-order valence-electron chi connectivity index (χ0n) is 19.3. The topological polar surface area (TPSA) is 94.6 Å². The molecular weight excluding hydrogens is 420 g/mol. The summed E-state index contributed by atoms with van der Waals surface area (Å²) in [5, 5.41) is 3.19. The van der Waals surface area contributed by atoms with Crippen LogP contribution in [0.3, 0.4) is 0 Å². The van der Waals surface area contributed by atoms with E-state index < -0.39 is 0 Å². The van der Waals surface area contributed by atoms with Crippen molar-refractivity contribution in [3.63, 3.8) is 0 Å². The molecule has 2 aliphatic carbocycles. The Morgan fingerprint density at radius 2 is 2.12 bits per heavy atom. The fraction of sp³-hybridized carbons (Fsp3) is 0.542. The van der Waals surface area contributed by atoms with Gasteiger partial charge in [-0.15, -0.1) is 0 Å². The number of nitrogens with zero attached hydrogens (tertiary/aromatic N) is 4. The second-order valence-electron chi connectivity index (χ2n) is 9.29. The van der Waals surface area contributed by atoms with Crippen LogP contribution < -0.4 is 5.32 Å². The fourth-order valence-corrected chi connectivity index (χ4v) is 4.26. The highest BCUT2D eigenvalue weighted by Gasteiger charge is 2.28.